The number of hydrogen-bond acceptors (Lipinski definition) is 1. The Morgan fingerprint density at radius 2 is 2.00 bits per heavy atom. The van der Waals surface area contributed by atoms with Crippen LogP contribution in [0.15, 0.2) is 22.2 Å². The number of nitrogens with zero attached hydrogens (tertiary/aromatic N) is 1. The van der Waals surface area contributed by atoms with Gasteiger partial charge in [-0.25, -0.2) is 0 Å². The van der Waals surface area contributed by atoms with Crippen LogP contribution < -0.4 is 0 Å². The minimum absolute atomic E-state index is 0.583. The predicted octanol–water partition coefficient (Wildman–Crippen LogP) is 3.18. The van der Waals surface area contributed by atoms with Gasteiger partial charge in [0.1, 0.15) is 0 Å². The Bertz CT molecular complexity index is 226. The van der Waals surface area contributed by atoms with Crippen molar-refractivity contribution in [3.63, 3.8) is 0 Å². The van der Waals surface area contributed by atoms with Crippen LogP contribution in [0.3, 0.4) is 0 Å². The highest BCUT2D eigenvalue weighted by Gasteiger charge is 2.17. The van der Waals surface area contributed by atoms with Gasteiger partial charge in [-0.05, 0) is 25.6 Å². The third kappa shape index (κ3) is 2.68. The van der Waals surface area contributed by atoms with E-state index < -0.39 is 0 Å². The molecule has 0 amide bonds. The Morgan fingerprint density at radius 1 is 1.38 bits per heavy atom. The van der Waals surface area contributed by atoms with Crippen molar-refractivity contribution in [1.29, 1.82) is 0 Å². The summed E-state index contributed by atoms with van der Waals surface area (Å²) in [4.78, 5) is 2.45. The maximum absolute atomic E-state index is 3.65. The first-order valence-corrected chi connectivity index (χ1v) is 5.75. The van der Waals surface area contributed by atoms with Gasteiger partial charge in [-0.2, -0.15) is 0 Å². The summed E-state index contributed by atoms with van der Waals surface area (Å²) in [6.07, 6.45) is 4.50. The lowest BCUT2D eigenvalue weighted by Gasteiger charge is -2.21. The summed E-state index contributed by atoms with van der Waals surface area (Å²) >= 11 is 3.65. The van der Waals surface area contributed by atoms with Crippen LogP contribution in [-0.2, 0) is 0 Å². The average Bonchev–Trinajstić information content (AvgIpc) is 2.45. The number of hydrogen-bond donors (Lipinski definition) is 0. The Labute approximate surface area is 89.6 Å². The molecule has 0 fully saturated rings. The number of halogens is 1. The second-order valence-corrected chi connectivity index (χ2v) is 4.34. The Morgan fingerprint density at radius 3 is 2.38 bits per heavy atom. The van der Waals surface area contributed by atoms with Crippen molar-refractivity contribution in [2.45, 2.75) is 20.8 Å². The van der Waals surface area contributed by atoms with E-state index in [0.29, 0.717) is 5.92 Å². The van der Waals surface area contributed by atoms with Gasteiger partial charge < -0.3 is 4.90 Å². The van der Waals surface area contributed by atoms with E-state index in [1.807, 2.05) is 0 Å². The molecule has 13 heavy (non-hydrogen) atoms. The minimum atomic E-state index is 0.583. The maximum atomic E-state index is 3.65. The first-order valence-electron chi connectivity index (χ1n) is 4.95. The molecule has 1 unspecified atom stereocenters. The summed E-state index contributed by atoms with van der Waals surface area (Å²) in [5.41, 5.74) is 1.37. The van der Waals surface area contributed by atoms with E-state index in [9.17, 15) is 0 Å². The molecule has 1 nitrogen and oxygen atoms in total. The van der Waals surface area contributed by atoms with E-state index in [0.717, 1.165) is 19.6 Å². The molecule has 0 aliphatic heterocycles. The van der Waals surface area contributed by atoms with Crippen LogP contribution in [0.2, 0.25) is 0 Å². The molecule has 0 saturated heterocycles. The Kier molecular flexibility index (Phi) is 4.20. The van der Waals surface area contributed by atoms with Gasteiger partial charge in [0, 0.05) is 16.9 Å². The van der Waals surface area contributed by atoms with Crippen LogP contribution in [0.25, 0.3) is 0 Å². The van der Waals surface area contributed by atoms with E-state index >= 15 is 0 Å². The molecular weight excluding hydrogens is 226 g/mol. The van der Waals surface area contributed by atoms with Crippen molar-refractivity contribution in [3.8, 4) is 0 Å². The van der Waals surface area contributed by atoms with Crippen molar-refractivity contribution in [3.05, 3.63) is 22.2 Å². The molecule has 1 rings (SSSR count). The monoisotopic (exact) mass is 243 g/mol. The average molecular weight is 244 g/mol. The molecule has 0 heterocycles. The largest absolute Gasteiger partial charge is 0.303 e. The summed E-state index contributed by atoms with van der Waals surface area (Å²) in [5, 5.41) is 0. The quantitative estimate of drug-likeness (QED) is 0.734. The van der Waals surface area contributed by atoms with Gasteiger partial charge in [-0.15, -0.1) is 0 Å². The topological polar surface area (TPSA) is 3.24 Å². The van der Waals surface area contributed by atoms with Gasteiger partial charge in [-0.1, -0.05) is 41.9 Å². The highest BCUT2D eigenvalue weighted by Crippen LogP contribution is 2.30. The molecule has 1 aliphatic rings. The lowest BCUT2D eigenvalue weighted by Crippen LogP contribution is -2.28. The molecule has 2 heteroatoms. The van der Waals surface area contributed by atoms with Crippen molar-refractivity contribution >= 4 is 15.9 Å². The minimum Gasteiger partial charge on any atom is -0.303 e. The van der Waals surface area contributed by atoms with Gasteiger partial charge in [0.25, 0.3) is 0 Å². The van der Waals surface area contributed by atoms with E-state index in [2.05, 4.69) is 53.8 Å². The fourth-order valence-electron chi connectivity index (χ4n) is 1.62. The molecule has 0 bridgehead atoms. The smallest absolute Gasteiger partial charge is 0.0218 e. The maximum Gasteiger partial charge on any atom is 0.0218 e. The summed E-state index contributed by atoms with van der Waals surface area (Å²) in [6, 6.07) is 0. The van der Waals surface area contributed by atoms with Crippen molar-refractivity contribution in [2.75, 3.05) is 19.6 Å². The highest BCUT2D eigenvalue weighted by molar-refractivity contribution is 9.11. The molecule has 74 valence electrons. The summed E-state index contributed by atoms with van der Waals surface area (Å²) in [5.74, 6) is 0.583. The van der Waals surface area contributed by atoms with Crippen molar-refractivity contribution in [1.82, 2.24) is 4.90 Å². The molecule has 0 aromatic heterocycles. The van der Waals surface area contributed by atoms with E-state index in [1.54, 1.807) is 0 Å². The third-order valence-corrected chi connectivity index (χ3v) is 3.84. The first kappa shape index (κ1) is 11.0. The molecule has 0 aromatic carbocycles. The van der Waals surface area contributed by atoms with Crippen LogP contribution in [0.4, 0.5) is 0 Å². The first-order chi connectivity index (χ1) is 6.19. The SMILES string of the molecule is CCN(CC)CC1C=CC(C)=C1Br. The summed E-state index contributed by atoms with van der Waals surface area (Å²) in [6.45, 7) is 10.0. The van der Waals surface area contributed by atoms with Gasteiger partial charge in [0.05, 0.1) is 0 Å². The second kappa shape index (κ2) is 4.97. The van der Waals surface area contributed by atoms with Crippen LogP contribution in [-0.4, -0.2) is 24.5 Å². The van der Waals surface area contributed by atoms with Crippen LogP contribution >= 0.6 is 15.9 Å². The van der Waals surface area contributed by atoms with Gasteiger partial charge >= 0.3 is 0 Å². The zero-order valence-electron chi connectivity index (χ0n) is 8.68. The van der Waals surface area contributed by atoms with Crippen molar-refractivity contribution < 1.29 is 0 Å². The lowest BCUT2D eigenvalue weighted by molar-refractivity contribution is 0.289. The summed E-state index contributed by atoms with van der Waals surface area (Å²) in [7, 11) is 0. The van der Waals surface area contributed by atoms with E-state index in [-0.39, 0.29) is 0 Å². The fourth-order valence-corrected chi connectivity index (χ4v) is 2.05. The second-order valence-electron chi connectivity index (χ2n) is 3.48. The number of rotatable bonds is 4. The third-order valence-electron chi connectivity index (χ3n) is 2.63. The molecule has 0 aromatic rings. The van der Waals surface area contributed by atoms with E-state index in [1.165, 1.54) is 10.1 Å². The normalized spacial score (nSPS) is 22.1. The lowest BCUT2D eigenvalue weighted by atomic mass is 10.1. The molecular formula is C11H18BrN. The molecule has 0 N–H and O–H groups in total. The fraction of sp³-hybridized carbons (Fsp3) is 0.636. The molecule has 1 atom stereocenters. The van der Waals surface area contributed by atoms with E-state index in [4.69, 9.17) is 0 Å². The predicted molar refractivity (Wildman–Crippen MR) is 62.0 cm³/mol. The van der Waals surface area contributed by atoms with Crippen LogP contribution in [0, 0.1) is 5.92 Å². The molecule has 0 spiro atoms. The zero-order chi connectivity index (χ0) is 9.84. The molecule has 1 aliphatic carbocycles. The Balaban J connectivity index is 2.52. The standard InChI is InChI=1S/C11H18BrN/c1-4-13(5-2)8-10-7-6-9(3)11(10)12/h6-7,10H,4-5,8H2,1-3H3. The van der Waals surface area contributed by atoms with Crippen LogP contribution in [0.5, 0.6) is 0 Å². The number of allylic oxidation sites excluding steroid dienone is 2. The van der Waals surface area contributed by atoms with Crippen LogP contribution in [0.1, 0.15) is 20.8 Å². The van der Waals surface area contributed by atoms with Crippen molar-refractivity contribution in [2.24, 2.45) is 5.92 Å². The molecule has 0 saturated carbocycles. The van der Waals surface area contributed by atoms with Gasteiger partial charge in [-0.3, -0.25) is 0 Å². The zero-order valence-corrected chi connectivity index (χ0v) is 10.3. The van der Waals surface area contributed by atoms with Gasteiger partial charge in [0.2, 0.25) is 0 Å². The Hall–Kier alpha value is -0.0800. The van der Waals surface area contributed by atoms with Gasteiger partial charge in [0.15, 0.2) is 0 Å². The highest BCUT2D eigenvalue weighted by atomic mass is 79.9. The molecule has 0 radical (unpaired) electrons. The summed E-state index contributed by atoms with van der Waals surface area (Å²) < 4.78 is 1.36.